The molecule has 2 rings (SSSR count). The molecule has 1 aliphatic heterocycles. The van der Waals surface area contributed by atoms with Crippen LogP contribution in [0.15, 0.2) is 18.2 Å². The highest BCUT2D eigenvalue weighted by atomic mass is 19.1. The van der Waals surface area contributed by atoms with E-state index in [2.05, 4.69) is 6.92 Å². The SMILES string of the molecule is CCC1Cc2cc(F)ccc2O1. The van der Waals surface area contributed by atoms with Crippen molar-refractivity contribution in [2.75, 3.05) is 0 Å². The molecule has 0 aliphatic carbocycles. The van der Waals surface area contributed by atoms with Gasteiger partial charge in [-0.05, 0) is 24.6 Å². The van der Waals surface area contributed by atoms with Gasteiger partial charge in [-0.3, -0.25) is 0 Å². The molecule has 0 N–H and O–H groups in total. The minimum atomic E-state index is -0.172. The molecule has 0 saturated heterocycles. The molecule has 1 aromatic rings. The molecule has 1 aliphatic rings. The van der Waals surface area contributed by atoms with Crippen LogP contribution in [0.5, 0.6) is 5.75 Å². The van der Waals surface area contributed by atoms with Gasteiger partial charge in [0, 0.05) is 12.0 Å². The van der Waals surface area contributed by atoms with E-state index >= 15 is 0 Å². The summed E-state index contributed by atoms with van der Waals surface area (Å²) in [5, 5.41) is 0. The van der Waals surface area contributed by atoms with E-state index in [4.69, 9.17) is 4.74 Å². The van der Waals surface area contributed by atoms with Crippen molar-refractivity contribution < 1.29 is 9.13 Å². The van der Waals surface area contributed by atoms with E-state index in [9.17, 15) is 4.39 Å². The van der Waals surface area contributed by atoms with Gasteiger partial charge in [0.2, 0.25) is 0 Å². The third kappa shape index (κ3) is 1.17. The summed E-state index contributed by atoms with van der Waals surface area (Å²) in [4.78, 5) is 0. The van der Waals surface area contributed by atoms with E-state index in [1.807, 2.05) is 0 Å². The highest BCUT2D eigenvalue weighted by Crippen LogP contribution is 2.30. The maximum absolute atomic E-state index is 12.7. The van der Waals surface area contributed by atoms with Crippen LogP contribution < -0.4 is 4.74 Å². The van der Waals surface area contributed by atoms with Crippen LogP contribution in [-0.2, 0) is 6.42 Å². The summed E-state index contributed by atoms with van der Waals surface area (Å²) in [7, 11) is 0. The van der Waals surface area contributed by atoms with Crippen LogP contribution in [0.4, 0.5) is 4.39 Å². The number of ether oxygens (including phenoxy) is 1. The molecule has 1 heterocycles. The molecular formula is C10H11FO. The zero-order valence-corrected chi connectivity index (χ0v) is 7.01. The number of benzene rings is 1. The van der Waals surface area contributed by atoms with Gasteiger partial charge in [-0.1, -0.05) is 6.92 Å². The van der Waals surface area contributed by atoms with Gasteiger partial charge in [-0.2, -0.15) is 0 Å². The van der Waals surface area contributed by atoms with Crippen LogP contribution in [0.1, 0.15) is 18.9 Å². The van der Waals surface area contributed by atoms with Crippen molar-refractivity contribution in [1.82, 2.24) is 0 Å². The molecule has 64 valence electrons. The summed E-state index contributed by atoms with van der Waals surface area (Å²) in [6.07, 6.45) is 2.08. The van der Waals surface area contributed by atoms with Gasteiger partial charge in [0.15, 0.2) is 0 Å². The van der Waals surface area contributed by atoms with Gasteiger partial charge >= 0.3 is 0 Å². The molecule has 12 heavy (non-hydrogen) atoms. The summed E-state index contributed by atoms with van der Waals surface area (Å²) >= 11 is 0. The smallest absolute Gasteiger partial charge is 0.123 e. The second-order valence-corrected chi connectivity index (χ2v) is 3.10. The molecule has 0 fully saturated rings. The lowest BCUT2D eigenvalue weighted by Crippen LogP contribution is -2.10. The van der Waals surface area contributed by atoms with E-state index in [-0.39, 0.29) is 11.9 Å². The minimum absolute atomic E-state index is 0.172. The fourth-order valence-electron chi connectivity index (χ4n) is 1.52. The summed E-state index contributed by atoms with van der Waals surface area (Å²) in [5.74, 6) is 0.678. The quantitative estimate of drug-likeness (QED) is 0.623. The molecule has 0 bridgehead atoms. The topological polar surface area (TPSA) is 9.23 Å². The Morgan fingerprint density at radius 3 is 3.17 bits per heavy atom. The van der Waals surface area contributed by atoms with E-state index in [1.165, 1.54) is 6.07 Å². The molecule has 1 unspecified atom stereocenters. The highest BCUT2D eigenvalue weighted by molar-refractivity contribution is 5.37. The number of halogens is 1. The molecule has 2 heteroatoms. The number of fused-ring (bicyclic) bond motifs is 1. The van der Waals surface area contributed by atoms with Crippen LogP contribution in [0, 0.1) is 5.82 Å². The van der Waals surface area contributed by atoms with Crippen molar-refractivity contribution in [3.63, 3.8) is 0 Å². The summed E-state index contributed by atoms with van der Waals surface area (Å²) in [5.41, 5.74) is 1.00. The van der Waals surface area contributed by atoms with Gasteiger partial charge in [-0.15, -0.1) is 0 Å². The lowest BCUT2D eigenvalue weighted by molar-refractivity contribution is 0.228. The molecule has 0 spiro atoms. The van der Waals surface area contributed by atoms with E-state index in [0.717, 1.165) is 24.2 Å². The summed E-state index contributed by atoms with van der Waals surface area (Å²) in [6.45, 7) is 2.08. The van der Waals surface area contributed by atoms with E-state index in [0.29, 0.717) is 0 Å². The zero-order chi connectivity index (χ0) is 8.55. The second-order valence-electron chi connectivity index (χ2n) is 3.10. The first-order valence-electron chi connectivity index (χ1n) is 4.24. The van der Waals surface area contributed by atoms with Crippen molar-refractivity contribution >= 4 is 0 Å². The first-order chi connectivity index (χ1) is 5.79. The van der Waals surface area contributed by atoms with Crippen molar-refractivity contribution in [1.29, 1.82) is 0 Å². The van der Waals surface area contributed by atoms with Crippen molar-refractivity contribution in [2.45, 2.75) is 25.9 Å². The Balaban J connectivity index is 2.30. The number of hydrogen-bond donors (Lipinski definition) is 0. The Hall–Kier alpha value is -1.05. The Labute approximate surface area is 71.2 Å². The Morgan fingerprint density at radius 2 is 2.42 bits per heavy atom. The van der Waals surface area contributed by atoms with Crippen LogP contribution in [0.2, 0.25) is 0 Å². The first kappa shape index (κ1) is 7.59. The molecule has 0 radical (unpaired) electrons. The van der Waals surface area contributed by atoms with Crippen LogP contribution in [-0.4, -0.2) is 6.10 Å². The van der Waals surface area contributed by atoms with Gasteiger partial charge < -0.3 is 4.74 Å². The molecule has 0 aromatic heterocycles. The maximum atomic E-state index is 12.7. The average molecular weight is 166 g/mol. The lowest BCUT2D eigenvalue weighted by atomic mass is 10.1. The Bertz CT molecular complexity index is 296. The normalized spacial score (nSPS) is 20.3. The predicted octanol–water partition coefficient (Wildman–Crippen LogP) is 2.54. The Kier molecular flexibility index (Phi) is 1.75. The van der Waals surface area contributed by atoms with Gasteiger partial charge in [0.1, 0.15) is 17.7 Å². The monoisotopic (exact) mass is 166 g/mol. The summed E-state index contributed by atoms with van der Waals surface area (Å²) < 4.78 is 18.3. The van der Waals surface area contributed by atoms with Gasteiger partial charge in [-0.25, -0.2) is 4.39 Å². The molecular weight excluding hydrogens is 155 g/mol. The second kappa shape index (κ2) is 2.77. The minimum Gasteiger partial charge on any atom is -0.490 e. The van der Waals surface area contributed by atoms with Crippen molar-refractivity contribution in [2.24, 2.45) is 0 Å². The number of rotatable bonds is 1. The van der Waals surface area contributed by atoms with Gasteiger partial charge in [0.25, 0.3) is 0 Å². The maximum Gasteiger partial charge on any atom is 0.123 e. The third-order valence-electron chi connectivity index (χ3n) is 2.22. The third-order valence-corrected chi connectivity index (χ3v) is 2.22. The average Bonchev–Trinajstić information content (AvgIpc) is 2.46. The lowest BCUT2D eigenvalue weighted by Gasteiger charge is -2.05. The van der Waals surface area contributed by atoms with Crippen LogP contribution in [0.25, 0.3) is 0 Å². The van der Waals surface area contributed by atoms with Gasteiger partial charge in [0.05, 0.1) is 0 Å². The highest BCUT2D eigenvalue weighted by Gasteiger charge is 2.20. The van der Waals surface area contributed by atoms with Crippen molar-refractivity contribution in [3.05, 3.63) is 29.6 Å². The molecule has 0 saturated carbocycles. The fourth-order valence-corrected chi connectivity index (χ4v) is 1.52. The van der Waals surface area contributed by atoms with E-state index in [1.54, 1.807) is 12.1 Å². The summed E-state index contributed by atoms with van der Waals surface area (Å²) in [6, 6.07) is 4.71. The molecule has 1 atom stereocenters. The van der Waals surface area contributed by atoms with Crippen LogP contribution in [0.3, 0.4) is 0 Å². The van der Waals surface area contributed by atoms with E-state index < -0.39 is 0 Å². The van der Waals surface area contributed by atoms with Crippen LogP contribution >= 0.6 is 0 Å². The molecule has 0 amide bonds. The largest absolute Gasteiger partial charge is 0.490 e. The molecule has 1 nitrogen and oxygen atoms in total. The predicted molar refractivity (Wildman–Crippen MR) is 44.8 cm³/mol. The van der Waals surface area contributed by atoms with Crippen molar-refractivity contribution in [3.8, 4) is 5.75 Å². The zero-order valence-electron chi connectivity index (χ0n) is 7.01. The fraction of sp³-hybridized carbons (Fsp3) is 0.400. The Morgan fingerprint density at radius 1 is 1.58 bits per heavy atom. The molecule has 1 aromatic carbocycles. The standard InChI is InChI=1S/C10H11FO/c1-2-9-6-7-5-8(11)3-4-10(7)12-9/h3-5,9H,2,6H2,1H3. The first-order valence-corrected chi connectivity index (χ1v) is 4.24. The number of hydrogen-bond acceptors (Lipinski definition) is 1.